The smallest absolute Gasteiger partial charge is 0.236 e. The van der Waals surface area contributed by atoms with E-state index in [2.05, 4.69) is 17.2 Å². The van der Waals surface area contributed by atoms with Crippen molar-refractivity contribution in [2.45, 2.75) is 25.0 Å². The monoisotopic (exact) mass is 286 g/mol. The van der Waals surface area contributed by atoms with Gasteiger partial charge in [0, 0.05) is 18.9 Å². The molecule has 1 saturated heterocycles. The molecule has 0 aromatic heterocycles. The Morgan fingerprint density at radius 2 is 2.33 bits per heavy atom. The van der Waals surface area contributed by atoms with E-state index < -0.39 is 11.6 Å². The van der Waals surface area contributed by atoms with Gasteiger partial charge in [0.25, 0.3) is 0 Å². The van der Waals surface area contributed by atoms with Crippen molar-refractivity contribution in [1.82, 2.24) is 10.6 Å². The third kappa shape index (κ3) is 2.28. The molecular formula is C16H18N2O3. The maximum absolute atomic E-state index is 12.3. The van der Waals surface area contributed by atoms with Crippen molar-refractivity contribution in [2.24, 2.45) is 5.92 Å². The van der Waals surface area contributed by atoms with Crippen molar-refractivity contribution < 1.29 is 14.3 Å². The molecule has 0 aliphatic carbocycles. The highest BCUT2D eigenvalue weighted by atomic mass is 16.5. The van der Waals surface area contributed by atoms with Crippen LogP contribution in [0, 0.1) is 5.92 Å². The van der Waals surface area contributed by atoms with Crippen LogP contribution < -0.4 is 15.4 Å². The van der Waals surface area contributed by atoms with Gasteiger partial charge in [0.05, 0.1) is 0 Å². The molecule has 5 heteroatoms. The molecule has 1 aromatic rings. The van der Waals surface area contributed by atoms with E-state index in [9.17, 15) is 9.59 Å². The summed E-state index contributed by atoms with van der Waals surface area (Å²) in [7, 11) is 0. The van der Waals surface area contributed by atoms with Crippen molar-refractivity contribution in [3.63, 3.8) is 0 Å². The number of hydrogen-bond acceptors (Lipinski definition) is 3. The van der Waals surface area contributed by atoms with Gasteiger partial charge in [0.15, 0.2) is 5.72 Å². The number of ether oxygens (including phenoxy) is 1. The summed E-state index contributed by atoms with van der Waals surface area (Å²) in [5.74, 6) is -0.722. The van der Waals surface area contributed by atoms with Crippen LogP contribution in [0.15, 0.2) is 36.9 Å². The molecule has 3 atom stereocenters. The zero-order valence-electron chi connectivity index (χ0n) is 11.9. The number of para-hydroxylation sites is 1. The first-order valence-corrected chi connectivity index (χ1v) is 7.03. The van der Waals surface area contributed by atoms with E-state index >= 15 is 0 Å². The fraction of sp³-hybridized carbons (Fsp3) is 0.375. The van der Waals surface area contributed by atoms with Gasteiger partial charge in [-0.2, -0.15) is 0 Å². The normalized spacial score (nSPS) is 29.7. The second-order valence-corrected chi connectivity index (χ2v) is 5.68. The van der Waals surface area contributed by atoms with Crippen LogP contribution >= 0.6 is 0 Å². The molecular weight excluding hydrogens is 268 g/mol. The van der Waals surface area contributed by atoms with Gasteiger partial charge in [0.2, 0.25) is 11.8 Å². The molecule has 1 fully saturated rings. The fourth-order valence-corrected chi connectivity index (χ4v) is 3.17. The largest absolute Gasteiger partial charge is 0.468 e. The molecule has 0 unspecified atom stereocenters. The highest BCUT2D eigenvalue weighted by Gasteiger charge is 2.51. The molecule has 110 valence electrons. The van der Waals surface area contributed by atoms with Crippen LogP contribution in [0.4, 0.5) is 0 Å². The van der Waals surface area contributed by atoms with E-state index in [1.807, 2.05) is 31.2 Å². The summed E-state index contributed by atoms with van der Waals surface area (Å²) in [5, 5.41) is 5.54. The summed E-state index contributed by atoms with van der Waals surface area (Å²) in [6.45, 7) is 5.76. The summed E-state index contributed by atoms with van der Waals surface area (Å²) >= 11 is 0. The fourth-order valence-electron chi connectivity index (χ4n) is 3.17. The zero-order chi connectivity index (χ0) is 15.0. The van der Waals surface area contributed by atoms with Crippen molar-refractivity contribution >= 4 is 11.8 Å². The van der Waals surface area contributed by atoms with Crippen molar-refractivity contribution in [3.05, 3.63) is 42.5 Å². The first kappa shape index (κ1) is 13.7. The highest BCUT2D eigenvalue weighted by Crippen LogP contribution is 2.46. The van der Waals surface area contributed by atoms with Gasteiger partial charge in [-0.25, -0.2) is 0 Å². The Morgan fingerprint density at radius 3 is 3.10 bits per heavy atom. The lowest BCUT2D eigenvalue weighted by Crippen LogP contribution is -2.62. The van der Waals surface area contributed by atoms with Crippen molar-refractivity contribution in [2.75, 3.05) is 6.54 Å². The Bertz CT molecular complexity index is 613. The molecule has 5 nitrogen and oxygen atoms in total. The first-order valence-electron chi connectivity index (χ1n) is 7.03. The van der Waals surface area contributed by atoms with Crippen molar-refractivity contribution in [1.29, 1.82) is 0 Å². The molecule has 2 bridgehead atoms. The number of nitrogens with one attached hydrogen (secondary N) is 2. The lowest BCUT2D eigenvalue weighted by molar-refractivity contribution is -0.147. The number of carbonyl (C=O) groups is 2. The molecule has 21 heavy (non-hydrogen) atoms. The number of rotatable bonds is 3. The minimum atomic E-state index is -0.745. The molecule has 2 amide bonds. The van der Waals surface area contributed by atoms with Gasteiger partial charge in [0.1, 0.15) is 11.7 Å². The molecule has 1 aromatic carbocycles. The highest BCUT2D eigenvalue weighted by molar-refractivity contribution is 6.02. The van der Waals surface area contributed by atoms with Crippen LogP contribution in [-0.2, 0) is 9.59 Å². The molecule has 3 rings (SSSR count). The SMILES string of the molecule is C=CCNC(=O)[C@@H]1C(=O)N[C@@]2(C)C[C@@H]1c1ccccc1O2. The standard InChI is InChI=1S/C16H18N2O3/c1-3-8-17-14(19)13-11-9-16(2,18-15(13)20)21-12-7-5-4-6-10(11)12/h3-7,11,13H,1,8-9H2,2H3,(H,17,19)(H,18,20)/t11-,13-,16-/m1/s1. The molecule has 0 radical (unpaired) electrons. The van der Waals surface area contributed by atoms with E-state index in [1.165, 1.54) is 0 Å². The summed E-state index contributed by atoms with van der Waals surface area (Å²) < 4.78 is 5.89. The average molecular weight is 286 g/mol. The Kier molecular flexibility index (Phi) is 3.20. The third-order valence-electron chi connectivity index (χ3n) is 4.04. The minimum absolute atomic E-state index is 0.168. The zero-order valence-corrected chi connectivity index (χ0v) is 11.9. The quantitative estimate of drug-likeness (QED) is 0.650. The summed E-state index contributed by atoms with van der Waals surface area (Å²) in [5.41, 5.74) is 0.175. The maximum atomic E-state index is 12.3. The number of benzene rings is 1. The Morgan fingerprint density at radius 1 is 1.57 bits per heavy atom. The van der Waals surface area contributed by atoms with E-state index in [0.29, 0.717) is 13.0 Å². The van der Waals surface area contributed by atoms with Crippen LogP contribution in [0.5, 0.6) is 5.75 Å². The van der Waals surface area contributed by atoms with E-state index in [-0.39, 0.29) is 17.7 Å². The van der Waals surface area contributed by atoms with Gasteiger partial charge in [-0.3, -0.25) is 9.59 Å². The predicted molar refractivity (Wildman–Crippen MR) is 77.7 cm³/mol. The lowest BCUT2D eigenvalue weighted by Gasteiger charge is -2.46. The Labute approximate surface area is 123 Å². The van der Waals surface area contributed by atoms with Crippen LogP contribution in [0.2, 0.25) is 0 Å². The second-order valence-electron chi connectivity index (χ2n) is 5.68. The Hall–Kier alpha value is -2.30. The molecule has 2 aliphatic rings. The summed E-state index contributed by atoms with van der Waals surface area (Å²) in [4.78, 5) is 24.7. The maximum Gasteiger partial charge on any atom is 0.236 e. The number of amides is 2. The van der Waals surface area contributed by atoms with E-state index in [4.69, 9.17) is 4.74 Å². The second kappa shape index (κ2) is 4.91. The lowest BCUT2D eigenvalue weighted by atomic mass is 9.74. The van der Waals surface area contributed by atoms with E-state index in [1.54, 1.807) is 6.08 Å². The number of carbonyl (C=O) groups excluding carboxylic acids is 2. The Balaban J connectivity index is 1.98. The van der Waals surface area contributed by atoms with Gasteiger partial charge in [-0.1, -0.05) is 24.3 Å². The van der Waals surface area contributed by atoms with Crippen LogP contribution in [-0.4, -0.2) is 24.1 Å². The van der Waals surface area contributed by atoms with Crippen LogP contribution in [0.25, 0.3) is 0 Å². The average Bonchev–Trinajstić information content (AvgIpc) is 2.43. The van der Waals surface area contributed by atoms with Gasteiger partial charge in [-0.05, 0) is 18.6 Å². The number of piperidine rings is 1. The van der Waals surface area contributed by atoms with Gasteiger partial charge >= 0.3 is 0 Å². The summed E-state index contributed by atoms with van der Waals surface area (Å²) in [6.07, 6.45) is 2.18. The van der Waals surface area contributed by atoms with Crippen molar-refractivity contribution in [3.8, 4) is 5.75 Å². The topological polar surface area (TPSA) is 67.4 Å². The number of hydrogen-bond donors (Lipinski definition) is 2. The molecule has 2 heterocycles. The van der Waals surface area contributed by atoms with E-state index in [0.717, 1.165) is 11.3 Å². The minimum Gasteiger partial charge on any atom is -0.468 e. The molecule has 2 aliphatic heterocycles. The van der Waals surface area contributed by atoms with Crippen LogP contribution in [0.1, 0.15) is 24.8 Å². The third-order valence-corrected chi connectivity index (χ3v) is 4.04. The van der Waals surface area contributed by atoms with Gasteiger partial charge < -0.3 is 15.4 Å². The predicted octanol–water partition coefficient (Wildman–Crippen LogP) is 1.32. The first-order chi connectivity index (χ1) is 10.0. The number of fused-ring (bicyclic) bond motifs is 4. The summed E-state index contributed by atoms with van der Waals surface area (Å²) in [6, 6.07) is 7.58. The van der Waals surface area contributed by atoms with Crippen LogP contribution in [0.3, 0.4) is 0 Å². The van der Waals surface area contributed by atoms with Gasteiger partial charge in [-0.15, -0.1) is 6.58 Å². The molecule has 0 spiro atoms. The molecule has 0 saturated carbocycles. The molecule has 2 N–H and O–H groups in total.